The molecule has 3 rings (SSSR count). The van der Waals surface area contributed by atoms with Crippen molar-refractivity contribution in [2.45, 2.75) is 6.36 Å². The van der Waals surface area contributed by atoms with Crippen LogP contribution in [0.2, 0.25) is 0 Å². The average Bonchev–Trinajstić information content (AvgIpc) is 3.06. The maximum atomic E-state index is 12.3. The van der Waals surface area contributed by atoms with Crippen molar-refractivity contribution in [3.05, 3.63) is 60.7 Å². The molecule has 9 heteroatoms. The number of nitrogens with one attached hydrogen (secondary N) is 1. The molecule has 2 aromatic heterocycles. The number of carbonyl (C=O) groups excluding carboxylic acids is 1. The minimum absolute atomic E-state index is 0.0118. The Bertz CT molecular complexity index is 880. The van der Waals surface area contributed by atoms with E-state index >= 15 is 0 Å². The molecule has 0 aliphatic heterocycles. The number of pyridine rings is 1. The minimum Gasteiger partial charge on any atom is -0.432 e. The van der Waals surface area contributed by atoms with E-state index in [1.54, 1.807) is 12.1 Å². The van der Waals surface area contributed by atoms with Gasteiger partial charge in [-0.2, -0.15) is 0 Å². The molecule has 0 unspecified atom stereocenters. The Hall–Kier alpha value is -3.36. The van der Waals surface area contributed by atoms with E-state index in [4.69, 9.17) is 4.42 Å². The van der Waals surface area contributed by atoms with Crippen molar-refractivity contribution in [1.29, 1.82) is 0 Å². The lowest BCUT2D eigenvalue weighted by atomic mass is 10.1. The highest BCUT2D eigenvalue weighted by molar-refractivity contribution is 6.02. The van der Waals surface area contributed by atoms with Gasteiger partial charge in [-0.05, 0) is 35.4 Å². The van der Waals surface area contributed by atoms with E-state index in [0.29, 0.717) is 11.1 Å². The van der Waals surface area contributed by atoms with Gasteiger partial charge >= 0.3 is 12.4 Å². The van der Waals surface area contributed by atoms with Gasteiger partial charge in [0.1, 0.15) is 17.7 Å². The van der Waals surface area contributed by atoms with Crippen LogP contribution in [0.25, 0.3) is 11.1 Å². The fourth-order valence-corrected chi connectivity index (χ4v) is 2.05. The first-order valence-electron chi connectivity index (χ1n) is 6.94. The predicted octanol–water partition coefficient (Wildman–Crippen LogP) is 3.89. The Morgan fingerprint density at radius 1 is 1.08 bits per heavy atom. The van der Waals surface area contributed by atoms with Crippen molar-refractivity contribution in [2.24, 2.45) is 0 Å². The number of amides is 1. The first-order valence-corrected chi connectivity index (χ1v) is 6.94. The van der Waals surface area contributed by atoms with E-state index in [0.717, 1.165) is 0 Å². The van der Waals surface area contributed by atoms with Gasteiger partial charge in [-0.15, -0.1) is 13.2 Å². The van der Waals surface area contributed by atoms with Gasteiger partial charge in [-0.1, -0.05) is 12.1 Å². The maximum absolute atomic E-state index is 12.3. The second-order valence-corrected chi connectivity index (χ2v) is 4.80. The normalized spacial score (nSPS) is 11.2. The first kappa shape index (κ1) is 16.5. The van der Waals surface area contributed by atoms with E-state index in [9.17, 15) is 18.0 Å². The summed E-state index contributed by atoms with van der Waals surface area (Å²) in [5, 5.41) is 2.41. The van der Waals surface area contributed by atoms with Crippen LogP contribution in [0.4, 0.5) is 19.2 Å². The molecule has 0 spiro atoms. The van der Waals surface area contributed by atoms with Crippen LogP contribution in [0.15, 0.2) is 59.5 Å². The number of hydrogen-bond donors (Lipinski definition) is 1. The molecule has 0 radical (unpaired) electrons. The van der Waals surface area contributed by atoms with E-state index in [2.05, 4.69) is 20.0 Å². The highest BCUT2D eigenvalue weighted by Gasteiger charge is 2.31. The lowest BCUT2D eigenvalue weighted by Gasteiger charge is -2.10. The maximum Gasteiger partial charge on any atom is 0.573 e. The fourth-order valence-electron chi connectivity index (χ4n) is 2.05. The number of carbonyl (C=O) groups is 1. The lowest BCUT2D eigenvalue weighted by molar-refractivity contribution is -0.274. The van der Waals surface area contributed by atoms with Crippen molar-refractivity contribution in [2.75, 3.05) is 5.32 Å². The number of rotatable bonds is 4. The highest BCUT2D eigenvalue weighted by atomic mass is 19.4. The smallest absolute Gasteiger partial charge is 0.432 e. The average molecular weight is 349 g/mol. The fraction of sp³-hybridized carbons (Fsp3) is 0.0625. The molecule has 0 bridgehead atoms. The van der Waals surface area contributed by atoms with Gasteiger partial charge in [0, 0.05) is 6.20 Å². The van der Waals surface area contributed by atoms with Gasteiger partial charge in [0.25, 0.3) is 5.91 Å². The number of halogens is 3. The quantitative estimate of drug-likeness (QED) is 0.773. The summed E-state index contributed by atoms with van der Waals surface area (Å²) in [4.78, 5) is 19.8. The first-order chi connectivity index (χ1) is 11.9. The van der Waals surface area contributed by atoms with Gasteiger partial charge in [-0.25, -0.2) is 4.98 Å². The van der Waals surface area contributed by atoms with Gasteiger partial charge in [0.05, 0.1) is 6.20 Å². The van der Waals surface area contributed by atoms with Crippen LogP contribution in [0.5, 0.6) is 5.75 Å². The predicted molar refractivity (Wildman–Crippen MR) is 80.8 cm³/mol. The summed E-state index contributed by atoms with van der Waals surface area (Å²) in [5.74, 6) is -0.917. The molecule has 6 nitrogen and oxygen atoms in total. The molecule has 128 valence electrons. The third-order valence-electron chi connectivity index (χ3n) is 3.05. The molecule has 0 aliphatic carbocycles. The number of aromatic nitrogens is 2. The summed E-state index contributed by atoms with van der Waals surface area (Å²) in [6.45, 7) is 0. The molecule has 2 heterocycles. The van der Waals surface area contributed by atoms with Crippen LogP contribution in [-0.2, 0) is 0 Å². The third kappa shape index (κ3) is 4.34. The topological polar surface area (TPSA) is 77.2 Å². The summed E-state index contributed by atoms with van der Waals surface area (Å²) in [5.41, 5.74) is 0.993. The zero-order chi connectivity index (χ0) is 17.9. The Labute approximate surface area is 139 Å². The van der Waals surface area contributed by atoms with Crippen molar-refractivity contribution in [1.82, 2.24) is 9.97 Å². The molecule has 0 aliphatic rings. The summed E-state index contributed by atoms with van der Waals surface area (Å²) < 4.78 is 45.8. The van der Waals surface area contributed by atoms with Gasteiger partial charge in [0.15, 0.2) is 0 Å². The zero-order valence-electron chi connectivity index (χ0n) is 12.4. The molecular formula is C16H10F3N3O3. The van der Waals surface area contributed by atoms with E-state index in [-0.39, 0.29) is 17.5 Å². The molecule has 3 aromatic rings. The van der Waals surface area contributed by atoms with Crippen molar-refractivity contribution < 1.29 is 27.1 Å². The Morgan fingerprint density at radius 2 is 1.88 bits per heavy atom. The van der Waals surface area contributed by atoms with Crippen LogP contribution in [0.3, 0.4) is 0 Å². The number of benzene rings is 1. The Kier molecular flexibility index (Phi) is 4.38. The second-order valence-electron chi connectivity index (χ2n) is 4.80. The van der Waals surface area contributed by atoms with Gasteiger partial charge in [-0.3, -0.25) is 15.1 Å². The van der Waals surface area contributed by atoms with E-state index < -0.39 is 12.3 Å². The number of alkyl halides is 3. The summed E-state index contributed by atoms with van der Waals surface area (Å²) in [6, 6.07) is 8.43. The highest BCUT2D eigenvalue weighted by Crippen LogP contribution is 2.28. The molecule has 0 saturated carbocycles. The number of ether oxygens (including phenoxy) is 1. The van der Waals surface area contributed by atoms with E-state index in [1.807, 2.05) is 0 Å². The number of nitrogens with zero attached hydrogens (tertiary/aromatic N) is 2. The molecule has 1 amide bonds. The van der Waals surface area contributed by atoms with Crippen LogP contribution in [-0.4, -0.2) is 22.2 Å². The standard InChI is InChI=1S/C16H10F3N3O3/c17-16(18,19)25-12-3-1-2-10(8-12)11-4-5-20-13(9-11)14(23)22-15-21-6-7-24-15/h1-9H,(H,21,22,23). The molecule has 0 atom stereocenters. The SMILES string of the molecule is O=C(Nc1ncco1)c1cc(-c2cccc(OC(F)(F)F)c2)ccn1. The second kappa shape index (κ2) is 6.63. The van der Waals surface area contributed by atoms with Crippen LogP contribution in [0, 0.1) is 0 Å². The van der Waals surface area contributed by atoms with Crippen LogP contribution < -0.4 is 10.1 Å². The minimum atomic E-state index is -4.78. The Morgan fingerprint density at radius 3 is 2.60 bits per heavy atom. The summed E-state index contributed by atoms with van der Waals surface area (Å²) in [6.07, 6.45) is -0.744. The molecule has 0 fully saturated rings. The van der Waals surface area contributed by atoms with Crippen LogP contribution >= 0.6 is 0 Å². The van der Waals surface area contributed by atoms with Crippen molar-refractivity contribution in [3.8, 4) is 16.9 Å². The monoisotopic (exact) mass is 349 g/mol. The van der Waals surface area contributed by atoms with Crippen molar-refractivity contribution in [3.63, 3.8) is 0 Å². The molecule has 1 aromatic carbocycles. The summed E-state index contributed by atoms with van der Waals surface area (Å²) in [7, 11) is 0. The Balaban J connectivity index is 1.84. The van der Waals surface area contributed by atoms with Gasteiger partial charge in [0.2, 0.25) is 0 Å². The number of oxazole rings is 1. The number of hydrogen-bond acceptors (Lipinski definition) is 5. The zero-order valence-corrected chi connectivity index (χ0v) is 12.4. The molecule has 0 saturated heterocycles. The summed E-state index contributed by atoms with van der Waals surface area (Å²) >= 11 is 0. The molecular weight excluding hydrogens is 339 g/mol. The third-order valence-corrected chi connectivity index (χ3v) is 3.05. The lowest BCUT2D eigenvalue weighted by Crippen LogP contribution is -2.17. The van der Waals surface area contributed by atoms with E-state index in [1.165, 1.54) is 42.9 Å². The van der Waals surface area contributed by atoms with Crippen LogP contribution in [0.1, 0.15) is 10.5 Å². The molecule has 1 N–H and O–H groups in total. The molecule has 25 heavy (non-hydrogen) atoms. The van der Waals surface area contributed by atoms with Crippen molar-refractivity contribution >= 4 is 11.9 Å². The largest absolute Gasteiger partial charge is 0.573 e. The number of anilines is 1. The van der Waals surface area contributed by atoms with Gasteiger partial charge < -0.3 is 9.15 Å².